The molecule has 3 atom stereocenters. The summed E-state index contributed by atoms with van der Waals surface area (Å²) in [6.07, 6.45) is -0.0446. The van der Waals surface area contributed by atoms with E-state index in [0.29, 0.717) is 18.8 Å². The summed E-state index contributed by atoms with van der Waals surface area (Å²) in [4.78, 5) is 28.4. The predicted molar refractivity (Wildman–Crippen MR) is 152 cm³/mol. The smallest absolute Gasteiger partial charge is 0.416 e. The van der Waals surface area contributed by atoms with Crippen molar-refractivity contribution in [3.63, 3.8) is 0 Å². The zero-order chi connectivity index (χ0) is 27.7. The summed E-state index contributed by atoms with van der Waals surface area (Å²) in [6.45, 7) is 8.87. The minimum absolute atomic E-state index is 0.183. The molecule has 39 heavy (non-hydrogen) atoms. The van der Waals surface area contributed by atoms with Crippen LogP contribution >= 0.6 is 11.6 Å². The number of aryl methyl sites for hydroxylation is 3. The van der Waals surface area contributed by atoms with Gasteiger partial charge in [0.1, 0.15) is 12.1 Å². The molecule has 1 aromatic heterocycles. The minimum Gasteiger partial charge on any atom is -0.447 e. The highest BCUT2D eigenvalue weighted by molar-refractivity contribution is 6.17. The fourth-order valence-electron chi connectivity index (χ4n) is 5.65. The number of cyclic esters (lactones) is 1. The molecular formula is C31H33ClN4O3. The van der Waals surface area contributed by atoms with E-state index in [9.17, 15) is 9.59 Å². The van der Waals surface area contributed by atoms with Crippen LogP contribution < -0.4 is 0 Å². The molecule has 1 saturated heterocycles. The van der Waals surface area contributed by atoms with Gasteiger partial charge in [-0.05, 0) is 66.6 Å². The lowest BCUT2D eigenvalue weighted by Gasteiger charge is -2.30. The fourth-order valence-corrected chi connectivity index (χ4v) is 5.94. The van der Waals surface area contributed by atoms with Gasteiger partial charge in [-0.3, -0.25) is 4.79 Å². The van der Waals surface area contributed by atoms with Crippen LogP contribution in [0.3, 0.4) is 0 Å². The third kappa shape index (κ3) is 5.03. The number of fused-ring (bicyclic) bond motifs is 1. The second kappa shape index (κ2) is 11.2. The summed E-state index contributed by atoms with van der Waals surface area (Å²) >= 11 is 6.29. The first kappa shape index (κ1) is 26.9. The number of nitrogens with zero attached hydrogens (tertiary/aromatic N) is 4. The van der Waals surface area contributed by atoms with Crippen molar-refractivity contribution in [3.05, 3.63) is 94.0 Å². The lowest BCUT2D eigenvalue weighted by atomic mass is 9.78. The number of hydrogen-bond donors (Lipinski definition) is 0. The number of halogens is 1. The van der Waals surface area contributed by atoms with Gasteiger partial charge < -0.3 is 4.74 Å². The highest BCUT2D eigenvalue weighted by Gasteiger charge is 2.42. The van der Waals surface area contributed by atoms with Gasteiger partial charge in [-0.25, -0.2) is 14.4 Å². The minimum atomic E-state index is -0.588. The lowest BCUT2D eigenvalue weighted by Crippen LogP contribution is -2.44. The van der Waals surface area contributed by atoms with Gasteiger partial charge in [0.25, 0.3) is 0 Å². The SMILES string of the molecule is CCn1nnc2c(C)c([C@H](c3ccc(C)c(CCl)c3)[C@@H](C)C(=O)N3C(=O)OC[C@H]3Cc3ccccc3)ccc21. The Morgan fingerprint density at radius 3 is 2.62 bits per heavy atom. The average Bonchev–Trinajstić information content (AvgIpc) is 3.54. The number of alkyl halides is 1. The number of aromatic nitrogens is 3. The molecule has 0 bridgehead atoms. The molecule has 4 aromatic rings. The van der Waals surface area contributed by atoms with Crippen LogP contribution in [0, 0.1) is 19.8 Å². The van der Waals surface area contributed by atoms with Gasteiger partial charge in [0.05, 0.1) is 11.6 Å². The molecule has 1 fully saturated rings. The molecule has 1 aliphatic heterocycles. The van der Waals surface area contributed by atoms with E-state index in [0.717, 1.165) is 44.4 Å². The Balaban J connectivity index is 1.57. The molecule has 0 radical (unpaired) electrons. The maximum atomic E-state index is 14.2. The first-order chi connectivity index (χ1) is 18.8. The Hall–Kier alpha value is -3.71. The molecule has 202 valence electrons. The van der Waals surface area contributed by atoms with E-state index >= 15 is 0 Å². The van der Waals surface area contributed by atoms with Crippen LogP contribution in [-0.4, -0.2) is 44.5 Å². The van der Waals surface area contributed by atoms with E-state index in [1.807, 2.05) is 74.8 Å². The normalized spacial score (nSPS) is 16.9. The van der Waals surface area contributed by atoms with Crippen molar-refractivity contribution in [1.82, 2.24) is 19.9 Å². The van der Waals surface area contributed by atoms with Crippen LogP contribution in [0.4, 0.5) is 4.79 Å². The number of rotatable bonds is 8. The van der Waals surface area contributed by atoms with E-state index in [1.165, 1.54) is 4.90 Å². The Kier molecular flexibility index (Phi) is 7.71. The quantitative estimate of drug-likeness (QED) is 0.248. The van der Waals surface area contributed by atoms with E-state index < -0.39 is 12.0 Å². The lowest BCUT2D eigenvalue weighted by molar-refractivity contribution is -0.133. The third-order valence-electron chi connectivity index (χ3n) is 7.90. The zero-order valence-corrected chi connectivity index (χ0v) is 23.5. The van der Waals surface area contributed by atoms with Crippen LogP contribution in [0.15, 0.2) is 60.7 Å². The Bertz CT molecular complexity index is 1520. The molecule has 0 N–H and O–H groups in total. The first-order valence-corrected chi connectivity index (χ1v) is 13.9. The van der Waals surface area contributed by atoms with Crippen molar-refractivity contribution in [2.24, 2.45) is 5.92 Å². The summed E-state index contributed by atoms with van der Waals surface area (Å²) in [5.41, 5.74) is 7.83. The van der Waals surface area contributed by atoms with E-state index in [4.69, 9.17) is 16.3 Å². The second-order valence-corrected chi connectivity index (χ2v) is 10.5. The van der Waals surface area contributed by atoms with Crippen LogP contribution in [0.1, 0.15) is 53.1 Å². The van der Waals surface area contributed by atoms with Crippen LogP contribution in [-0.2, 0) is 28.4 Å². The molecule has 0 unspecified atom stereocenters. The van der Waals surface area contributed by atoms with Crippen LogP contribution in [0.2, 0.25) is 0 Å². The van der Waals surface area contributed by atoms with Crippen molar-refractivity contribution < 1.29 is 14.3 Å². The Morgan fingerprint density at radius 2 is 1.90 bits per heavy atom. The summed E-state index contributed by atoms with van der Waals surface area (Å²) in [7, 11) is 0. The van der Waals surface area contributed by atoms with Crippen LogP contribution in [0.5, 0.6) is 0 Å². The molecule has 2 heterocycles. The zero-order valence-electron chi connectivity index (χ0n) is 22.7. The van der Waals surface area contributed by atoms with Gasteiger partial charge in [0.2, 0.25) is 5.91 Å². The van der Waals surface area contributed by atoms with Crippen LogP contribution in [0.25, 0.3) is 11.0 Å². The third-order valence-corrected chi connectivity index (χ3v) is 8.18. The highest BCUT2D eigenvalue weighted by atomic mass is 35.5. The Labute approximate surface area is 233 Å². The summed E-state index contributed by atoms with van der Waals surface area (Å²) in [5.74, 6) is -0.776. The molecule has 0 aliphatic carbocycles. The number of carbonyl (C=O) groups excluding carboxylic acids is 2. The van der Waals surface area contributed by atoms with Crippen molar-refractivity contribution >= 4 is 34.6 Å². The summed E-state index contributed by atoms with van der Waals surface area (Å²) < 4.78 is 7.25. The summed E-state index contributed by atoms with van der Waals surface area (Å²) in [6, 6.07) is 19.7. The van der Waals surface area contributed by atoms with Gasteiger partial charge in [-0.2, -0.15) is 0 Å². The monoisotopic (exact) mass is 544 g/mol. The maximum Gasteiger partial charge on any atom is 0.416 e. The number of ether oxygens (including phenoxy) is 1. The molecule has 0 saturated carbocycles. The first-order valence-electron chi connectivity index (χ1n) is 13.4. The van der Waals surface area contributed by atoms with E-state index in [-0.39, 0.29) is 24.5 Å². The molecule has 2 amide bonds. The number of imide groups is 1. The Morgan fingerprint density at radius 1 is 1.13 bits per heavy atom. The number of amides is 2. The van der Waals surface area contributed by atoms with E-state index in [1.54, 1.807) is 0 Å². The number of benzene rings is 3. The largest absolute Gasteiger partial charge is 0.447 e. The van der Waals surface area contributed by atoms with Crippen molar-refractivity contribution in [3.8, 4) is 0 Å². The predicted octanol–water partition coefficient (Wildman–Crippen LogP) is 6.16. The van der Waals surface area contributed by atoms with Crippen molar-refractivity contribution in [1.29, 1.82) is 0 Å². The summed E-state index contributed by atoms with van der Waals surface area (Å²) in [5, 5.41) is 8.75. The number of carbonyl (C=O) groups is 2. The maximum absolute atomic E-state index is 14.2. The van der Waals surface area contributed by atoms with Gasteiger partial charge >= 0.3 is 6.09 Å². The number of hydrogen-bond acceptors (Lipinski definition) is 5. The molecule has 5 rings (SSSR count). The standard InChI is InChI=1S/C31H33ClN4O3/c1-5-35-27-14-13-26(20(3)29(27)33-34-35)28(23-12-11-19(2)24(16-23)17-32)21(4)30(37)36-25(18-39-31(36)38)15-22-9-7-6-8-10-22/h6-14,16,21,25,28H,5,15,17-18H2,1-4H3/t21-,25-,28+/m1/s1. The van der Waals surface area contributed by atoms with Crippen molar-refractivity contribution in [2.75, 3.05) is 6.61 Å². The topological polar surface area (TPSA) is 77.3 Å². The van der Waals surface area contributed by atoms with Gasteiger partial charge in [0.15, 0.2) is 0 Å². The molecular weight excluding hydrogens is 512 g/mol. The molecule has 3 aromatic carbocycles. The average molecular weight is 545 g/mol. The van der Waals surface area contributed by atoms with Crippen molar-refractivity contribution in [2.45, 2.75) is 58.5 Å². The molecule has 1 aliphatic rings. The molecule has 0 spiro atoms. The second-order valence-electron chi connectivity index (χ2n) is 10.3. The molecule has 8 heteroatoms. The fraction of sp³-hybridized carbons (Fsp3) is 0.355. The van der Waals surface area contributed by atoms with Gasteiger partial charge in [-0.1, -0.05) is 66.7 Å². The van der Waals surface area contributed by atoms with E-state index in [2.05, 4.69) is 28.5 Å². The highest BCUT2D eigenvalue weighted by Crippen LogP contribution is 2.39. The van der Waals surface area contributed by atoms with Gasteiger partial charge in [0, 0.05) is 24.3 Å². The molecule has 7 nitrogen and oxygen atoms in total. The van der Waals surface area contributed by atoms with Gasteiger partial charge in [-0.15, -0.1) is 16.7 Å².